The Labute approximate surface area is 182 Å². The van der Waals surface area contributed by atoms with Crippen LogP contribution >= 0.6 is 11.6 Å². The third kappa shape index (κ3) is 4.52. The van der Waals surface area contributed by atoms with Crippen LogP contribution in [-0.4, -0.2) is 61.8 Å². The number of esters is 3. The molecule has 2 aromatic rings. The largest absolute Gasteiger partial charge is 0.463 e. The molecule has 0 aromatic carbocycles. The van der Waals surface area contributed by atoms with Crippen LogP contribution in [0.2, 0.25) is 5.15 Å². The fraction of sp³-hybridized carbons (Fsp3) is 0.474. The minimum Gasteiger partial charge on any atom is -0.463 e. The first-order valence-electron chi connectivity index (χ1n) is 9.28. The molecule has 0 bridgehead atoms. The number of imidazole rings is 1. The van der Waals surface area contributed by atoms with Gasteiger partial charge in [-0.2, -0.15) is 0 Å². The van der Waals surface area contributed by atoms with Gasteiger partial charge < -0.3 is 18.9 Å². The molecule has 0 amide bonds. The Morgan fingerprint density at radius 3 is 2.52 bits per heavy atom. The lowest BCUT2D eigenvalue weighted by Gasteiger charge is -2.32. The molecule has 0 saturated carbocycles. The van der Waals surface area contributed by atoms with Gasteiger partial charge in [-0.25, -0.2) is 15.0 Å². The van der Waals surface area contributed by atoms with Gasteiger partial charge in [0.1, 0.15) is 24.1 Å². The lowest BCUT2D eigenvalue weighted by Crippen LogP contribution is -2.50. The van der Waals surface area contributed by atoms with Crippen molar-refractivity contribution in [2.45, 2.75) is 51.2 Å². The Balaban J connectivity index is 2.15. The van der Waals surface area contributed by atoms with Crippen LogP contribution in [0.15, 0.2) is 25.3 Å². The van der Waals surface area contributed by atoms with Crippen molar-refractivity contribution in [1.82, 2.24) is 19.5 Å². The van der Waals surface area contributed by atoms with Crippen LogP contribution in [0.4, 0.5) is 0 Å². The van der Waals surface area contributed by atoms with Gasteiger partial charge in [0.2, 0.25) is 0 Å². The SMILES string of the molecule is C=CC[C@]1(COC(C)=O)O[C@@H](n2cnc3c(Cl)ncnc32)C(OC(C)=O)C1OC(C)=O. The second-order valence-electron chi connectivity index (χ2n) is 6.94. The van der Waals surface area contributed by atoms with Crippen LogP contribution < -0.4 is 0 Å². The standard InChI is InChI=1S/C19H21ClN4O7/c1-5-6-19(7-28-10(2)25)15(30-12(4)27)14(29-11(3)26)18(31-19)24-9-23-13-16(20)21-8-22-17(13)24/h5,8-9,14-15,18H,1,6-7H2,2-4H3/t14?,15?,18-,19-/m1/s1. The molecular weight excluding hydrogens is 432 g/mol. The van der Waals surface area contributed by atoms with E-state index in [4.69, 9.17) is 30.5 Å². The summed E-state index contributed by atoms with van der Waals surface area (Å²) in [5, 5.41) is 0.125. The first kappa shape index (κ1) is 22.6. The first-order valence-corrected chi connectivity index (χ1v) is 9.66. The van der Waals surface area contributed by atoms with Crippen LogP contribution in [0, 0.1) is 0 Å². The third-order valence-electron chi connectivity index (χ3n) is 4.65. The minimum atomic E-state index is -1.38. The molecule has 1 aliphatic heterocycles. The summed E-state index contributed by atoms with van der Waals surface area (Å²) in [4.78, 5) is 47.6. The zero-order chi connectivity index (χ0) is 22.8. The molecule has 2 unspecified atom stereocenters. The maximum atomic E-state index is 11.9. The Hall–Kier alpha value is -3.05. The average Bonchev–Trinajstić information content (AvgIpc) is 3.22. The number of hydrogen-bond acceptors (Lipinski definition) is 10. The molecule has 1 saturated heterocycles. The number of carbonyl (C=O) groups is 3. The lowest BCUT2D eigenvalue weighted by molar-refractivity contribution is -0.177. The number of carbonyl (C=O) groups excluding carboxylic acids is 3. The Kier molecular flexibility index (Phi) is 6.56. The lowest BCUT2D eigenvalue weighted by atomic mass is 9.92. The summed E-state index contributed by atoms with van der Waals surface area (Å²) in [6.07, 6.45) is 1.03. The van der Waals surface area contributed by atoms with Gasteiger partial charge in [-0.05, 0) is 0 Å². The van der Waals surface area contributed by atoms with Crippen molar-refractivity contribution in [1.29, 1.82) is 0 Å². The third-order valence-corrected chi connectivity index (χ3v) is 4.92. The minimum absolute atomic E-state index is 0.120. The molecule has 166 valence electrons. The summed E-state index contributed by atoms with van der Waals surface area (Å²) in [6, 6.07) is 0. The quantitative estimate of drug-likeness (QED) is 0.265. The first-order chi connectivity index (χ1) is 14.7. The van der Waals surface area contributed by atoms with Crippen LogP contribution in [0.3, 0.4) is 0 Å². The highest BCUT2D eigenvalue weighted by Crippen LogP contribution is 2.44. The van der Waals surface area contributed by atoms with Crippen molar-refractivity contribution in [3.8, 4) is 0 Å². The molecule has 1 aliphatic rings. The predicted molar refractivity (Wildman–Crippen MR) is 106 cm³/mol. The molecule has 0 N–H and O–H groups in total. The van der Waals surface area contributed by atoms with Crippen molar-refractivity contribution in [3.05, 3.63) is 30.5 Å². The van der Waals surface area contributed by atoms with Gasteiger partial charge >= 0.3 is 17.9 Å². The van der Waals surface area contributed by atoms with E-state index in [9.17, 15) is 14.4 Å². The van der Waals surface area contributed by atoms with Crippen molar-refractivity contribution in [2.75, 3.05) is 6.61 Å². The maximum Gasteiger partial charge on any atom is 0.303 e. The summed E-state index contributed by atoms with van der Waals surface area (Å²) in [5.41, 5.74) is -0.762. The fourth-order valence-electron chi connectivity index (χ4n) is 3.52. The van der Waals surface area contributed by atoms with E-state index >= 15 is 0 Å². The molecule has 3 rings (SSSR count). The van der Waals surface area contributed by atoms with E-state index in [1.54, 1.807) is 0 Å². The Bertz CT molecular complexity index is 1030. The Morgan fingerprint density at radius 1 is 1.19 bits per heavy atom. The van der Waals surface area contributed by atoms with Gasteiger partial charge in [0.25, 0.3) is 0 Å². The zero-order valence-electron chi connectivity index (χ0n) is 17.1. The van der Waals surface area contributed by atoms with Crippen LogP contribution in [0.25, 0.3) is 11.2 Å². The van der Waals surface area contributed by atoms with Crippen molar-refractivity contribution in [2.24, 2.45) is 0 Å². The van der Waals surface area contributed by atoms with Crippen molar-refractivity contribution < 1.29 is 33.3 Å². The molecule has 31 heavy (non-hydrogen) atoms. The summed E-state index contributed by atoms with van der Waals surface area (Å²) >= 11 is 6.09. The molecule has 3 heterocycles. The molecule has 0 aliphatic carbocycles. The van der Waals surface area contributed by atoms with Gasteiger partial charge in [0.15, 0.2) is 29.2 Å². The van der Waals surface area contributed by atoms with Crippen molar-refractivity contribution in [3.63, 3.8) is 0 Å². The van der Waals surface area contributed by atoms with Crippen LogP contribution in [0.1, 0.15) is 33.4 Å². The molecule has 4 atom stereocenters. The van der Waals surface area contributed by atoms with Crippen LogP contribution in [-0.2, 0) is 33.3 Å². The van der Waals surface area contributed by atoms with Gasteiger partial charge in [-0.15, -0.1) is 6.58 Å². The van der Waals surface area contributed by atoms with E-state index in [1.165, 1.54) is 44.1 Å². The fourth-order valence-corrected chi connectivity index (χ4v) is 3.70. The molecule has 1 fully saturated rings. The molecule has 12 heteroatoms. The zero-order valence-corrected chi connectivity index (χ0v) is 17.9. The summed E-state index contributed by atoms with van der Waals surface area (Å²) in [6.45, 7) is 7.11. The van der Waals surface area contributed by atoms with E-state index < -0.39 is 41.9 Å². The van der Waals surface area contributed by atoms with E-state index in [1.807, 2.05) is 0 Å². The maximum absolute atomic E-state index is 11.9. The van der Waals surface area contributed by atoms with Gasteiger partial charge in [0, 0.05) is 27.2 Å². The number of halogens is 1. The molecule has 2 aromatic heterocycles. The predicted octanol–water partition coefficient (Wildman–Crippen LogP) is 1.75. The van der Waals surface area contributed by atoms with Gasteiger partial charge in [-0.1, -0.05) is 17.7 Å². The monoisotopic (exact) mass is 452 g/mol. The second-order valence-corrected chi connectivity index (χ2v) is 7.30. The highest BCUT2D eigenvalue weighted by atomic mass is 35.5. The number of rotatable bonds is 7. The number of fused-ring (bicyclic) bond motifs is 1. The molecule has 11 nitrogen and oxygen atoms in total. The van der Waals surface area contributed by atoms with Gasteiger partial charge in [-0.3, -0.25) is 19.0 Å². The van der Waals surface area contributed by atoms with E-state index in [0.29, 0.717) is 11.2 Å². The number of hydrogen-bond donors (Lipinski definition) is 0. The van der Waals surface area contributed by atoms with Gasteiger partial charge in [0.05, 0.1) is 6.33 Å². The highest BCUT2D eigenvalue weighted by molar-refractivity contribution is 6.33. The number of aromatic nitrogens is 4. The van der Waals surface area contributed by atoms with E-state index in [0.717, 1.165) is 0 Å². The molecule has 0 radical (unpaired) electrons. The number of ether oxygens (including phenoxy) is 4. The highest BCUT2D eigenvalue weighted by Gasteiger charge is 2.60. The second kappa shape index (κ2) is 8.98. The molecular formula is C19H21ClN4O7. The average molecular weight is 453 g/mol. The molecule has 0 spiro atoms. The summed E-state index contributed by atoms with van der Waals surface area (Å²) in [5.74, 6) is -1.83. The van der Waals surface area contributed by atoms with E-state index in [-0.39, 0.29) is 18.2 Å². The van der Waals surface area contributed by atoms with Crippen molar-refractivity contribution >= 4 is 40.7 Å². The van der Waals surface area contributed by atoms with E-state index in [2.05, 4.69) is 21.5 Å². The van der Waals surface area contributed by atoms with Crippen LogP contribution in [0.5, 0.6) is 0 Å². The summed E-state index contributed by atoms with van der Waals surface area (Å²) < 4.78 is 24.0. The number of nitrogens with zero attached hydrogens (tertiary/aromatic N) is 4. The summed E-state index contributed by atoms with van der Waals surface area (Å²) in [7, 11) is 0. The topological polar surface area (TPSA) is 132 Å². The smallest absolute Gasteiger partial charge is 0.303 e. The normalized spacial score (nSPS) is 25.2. The Morgan fingerprint density at radius 2 is 1.90 bits per heavy atom.